The second-order valence-electron chi connectivity index (χ2n) is 33.2. The molecule has 31 heteroatoms. The third kappa shape index (κ3) is 53.4. The van der Waals surface area contributed by atoms with E-state index in [-0.39, 0.29) is 158 Å². The van der Waals surface area contributed by atoms with Gasteiger partial charge in [-0.25, -0.2) is 14.4 Å². The Morgan fingerprint density at radius 1 is 0.331 bits per heavy atom. The number of Topliss-reactive ketones (excluding diaryl/α,β-unsaturated/α-hetero) is 5. The molecule has 0 aromatic heterocycles. The van der Waals surface area contributed by atoms with E-state index in [1.165, 1.54) is 24.3 Å². The Hall–Kier alpha value is -9.07. The van der Waals surface area contributed by atoms with E-state index < -0.39 is 83.2 Å². The molecule has 121 heavy (non-hydrogen) atoms. The number of carboxylic acid groups (broad SMARTS) is 5. The quantitative estimate of drug-likeness (QED) is 0.0274. The summed E-state index contributed by atoms with van der Waals surface area (Å²) in [5.74, 6) is -9.42. The highest BCUT2D eigenvalue weighted by atomic mass is 16.5. The van der Waals surface area contributed by atoms with Crippen LogP contribution >= 0.6 is 0 Å². The van der Waals surface area contributed by atoms with Gasteiger partial charge >= 0.3 is 29.8 Å². The van der Waals surface area contributed by atoms with Gasteiger partial charge in [-0.2, -0.15) is 0 Å². The van der Waals surface area contributed by atoms with Crippen molar-refractivity contribution in [3.05, 3.63) is 59.7 Å². The van der Waals surface area contributed by atoms with Gasteiger partial charge in [-0.1, -0.05) is 124 Å². The summed E-state index contributed by atoms with van der Waals surface area (Å²) in [7, 11) is 0. The van der Waals surface area contributed by atoms with Crippen molar-refractivity contribution in [3.8, 4) is 11.5 Å². The molecule has 0 aliphatic rings. The number of rotatable bonds is 77. The lowest BCUT2D eigenvalue weighted by Crippen LogP contribution is -2.42. The summed E-state index contributed by atoms with van der Waals surface area (Å²) in [6.07, 6.45) is 22.7. The number of carbonyl (C=O) groups excluding carboxylic acids is 10. The number of aliphatic carboxylic acids is 3. The molecular formula is C90H151N9O22. The summed E-state index contributed by atoms with van der Waals surface area (Å²) < 4.78 is 11.3. The van der Waals surface area contributed by atoms with E-state index in [2.05, 4.69) is 26.6 Å². The number of ether oxygens (including phenoxy) is 2. The van der Waals surface area contributed by atoms with Crippen LogP contribution in [0.4, 0.5) is 0 Å². The molecule has 2 rings (SSSR count). The second kappa shape index (κ2) is 64.7. The van der Waals surface area contributed by atoms with Gasteiger partial charge in [0.2, 0.25) is 29.5 Å². The predicted molar refractivity (Wildman–Crippen MR) is 466 cm³/mol. The zero-order valence-corrected chi connectivity index (χ0v) is 72.3. The first-order valence-corrected chi connectivity index (χ1v) is 44.3. The highest BCUT2D eigenvalue weighted by Gasteiger charge is 2.32. The Balaban J connectivity index is 0. The number of nitrogens with two attached hydrogens (primary N) is 4. The SMILES string of the molecule is CC(C)(C)C(=O)C[C@@H](CCCCNC(=O)[C@@H](N)CCCCNC(=O)[C@@H](N)CCCCCC(=O)CC[C@H](NC(=O)CCCCCCCCCOc1ccc(C(=O)O)cc1)C(=O)O)C(=O)C[C@@H](CCCCNC(=O)[C@@H](N)CCCCCC(=O)[C@@H](N)CCCCNC(=O)CC[C@H](CC(=O)CCCCCCCCCOc1ccc(C(=O)O)cc1)C(=O)O)C(=O)O.[HH].[HH].[HH]. The van der Waals surface area contributed by atoms with Crippen molar-refractivity contribution >= 4 is 88.3 Å². The number of ketones is 5. The monoisotopic (exact) mass is 1710 g/mol. The lowest BCUT2D eigenvalue weighted by atomic mass is 9.80. The molecule has 0 fully saturated rings. The van der Waals surface area contributed by atoms with E-state index >= 15 is 0 Å². The van der Waals surface area contributed by atoms with Crippen LogP contribution in [-0.2, 0) is 62.3 Å². The minimum absolute atomic E-state index is 0. The average Bonchev–Trinajstić information content (AvgIpc) is 0.860. The number of carbonyl (C=O) groups is 15. The molecule has 0 spiro atoms. The Bertz CT molecular complexity index is 3460. The van der Waals surface area contributed by atoms with E-state index in [1.54, 1.807) is 45.0 Å². The van der Waals surface area contributed by atoms with Crippen molar-refractivity contribution in [1.29, 1.82) is 0 Å². The predicted octanol–water partition coefficient (Wildman–Crippen LogP) is 12.1. The van der Waals surface area contributed by atoms with Crippen LogP contribution in [0.25, 0.3) is 0 Å². The van der Waals surface area contributed by atoms with E-state index in [0.29, 0.717) is 179 Å². The molecule has 0 saturated heterocycles. The van der Waals surface area contributed by atoms with E-state index in [9.17, 15) is 87.2 Å². The molecule has 18 N–H and O–H groups in total. The van der Waals surface area contributed by atoms with Crippen LogP contribution in [0.15, 0.2) is 48.5 Å². The number of hydrogen-bond donors (Lipinski definition) is 14. The maximum atomic E-state index is 13.8. The summed E-state index contributed by atoms with van der Waals surface area (Å²) in [5.41, 5.74) is 24.3. The molecule has 0 bridgehead atoms. The maximum Gasteiger partial charge on any atom is 0.335 e. The van der Waals surface area contributed by atoms with E-state index in [4.69, 9.17) is 42.6 Å². The largest absolute Gasteiger partial charge is 0.494 e. The highest BCUT2D eigenvalue weighted by Crippen LogP contribution is 2.28. The third-order valence-corrected chi connectivity index (χ3v) is 21.7. The van der Waals surface area contributed by atoms with Crippen LogP contribution in [0.2, 0.25) is 0 Å². The smallest absolute Gasteiger partial charge is 0.335 e. The molecule has 0 aliphatic heterocycles. The normalized spacial score (nSPS) is 13.3. The number of benzene rings is 2. The highest BCUT2D eigenvalue weighted by molar-refractivity contribution is 5.92. The van der Waals surface area contributed by atoms with Crippen LogP contribution < -0.4 is 59.0 Å². The van der Waals surface area contributed by atoms with Crippen molar-refractivity contribution in [2.24, 2.45) is 46.1 Å². The van der Waals surface area contributed by atoms with Crippen molar-refractivity contribution in [2.75, 3.05) is 39.4 Å². The fourth-order valence-corrected chi connectivity index (χ4v) is 13.7. The number of unbranched alkanes of at least 4 members (excludes halogenated alkanes) is 20. The summed E-state index contributed by atoms with van der Waals surface area (Å²) in [4.78, 5) is 187. The van der Waals surface area contributed by atoms with Crippen LogP contribution in [0.5, 0.6) is 11.5 Å². The molecule has 688 valence electrons. The second-order valence-corrected chi connectivity index (χ2v) is 33.2. The van der Waals surface area contributed by atoms with Gasteiger partial charge in [-0.3, -0.25) is 57.5 Å². The van der Waals surface area contributed by atoms with Crippen LogP contribution in [-0.4, -0.2) is 183 Å². The molecule has 2 aromatic carbocycles. The first-order valence-electron chi connectivity index (χ1n) is 44.3. The van der Waals surface area contributed by atoms with Crippen molar-refractivity contribution < 1.29 is 111 Å². The number of carboxylic acids is 5. The Morgan fingerprint density at radius 2 is 0.694 bits per heavy atom. The number of aromatic carboxylic acids is 2. The molecule has 31 nitrogen and oxygen atoms in total. The van der Waals surface area contributed by atoms with Crippen LogP contribution in [0, 0.1) is 23.2 Å². The minimum atomic E-state index is -1.20. The summed E-state index contributed by atoms with van der Waals surface area (Å²) >= 11 is 0. The Morgan fingerprint density at radius 3 is 1.12 bits per heavy atom. The fraction of sp³-hybridized carbons (Fsp3) is 0.700. The van der Waals surface area contributed by atoms with E-state index in [1.807, 2.05) is 0 Å². The third-order valence-electron chi connectivity index (χ3n) is 21.7. The molecule has 0 heterocycles. The van der Waals surface area contributed by atoms with Gasteiger partial charge in [0, 0.05) is 99.6 Å². The van der Waals surface area contributed by atoms with Crippen LogP contribution in [0.3, 0.4) is 0 Å². The van der Waals surface area contributed by atoms with Gasteiger partial charge in [0.1, 0.15) is 46.5 Å². The van der Waals surface area contributed by atoms with Gasteiger partial charge in [0.25, 0.3) is 0 Å². The first-order chi connectivity index (χ1) is 57.7. The molecular weight excluding hydrogens is 1560 g/mol. The van der Waals surface area contributed by atoms with Gasteiger partial charge < -0.3 is 84.5 Å². The van der Waals surface area contributed by atoms with Crippen LogP contribution in [0.1, 0.15) is 335 Å². The molecule has 2 aromatic rings. The van der Waals surface area contributed by atoms with Gasteiger partial charge in [-0.05, 0) is 177 Å². The Kier molecular flexibility index (Phi) is 57.8. The van der Waals surface area contributed by atoms with Gasteiger partial charge in [0.05, 0.1) is 60.3 Å². The van der Waals surface area contributed by atoms with Crippen molar-refractivity contribution in [1.82, 2.24) is 26.6 Å². The maximum absolute atomic E-state index is 13.8. The van der Waals surface area contributed by atoms with Gasteiger partial charge in [0.15, 0.2) is 0 Å². The molecule has 5 amide bonds. The molecule has 0 saturated carbocycles. The summed E-state index contributed by atoms with van der Waals surface area (Å²) in [6.45, 7) is 7.48. The number of amides is 5. The van der Waals surface area contributed by atoms with Crippen molar-refractivity contribution in [3.63, 3.8) is 0 Å². The standard InChI is InChI=1S/C90H145N9O22.3H2/c1-90(2,3)79(104)62-65(32-22-26-55-96-84(109)75(94)39-25-29-57-98-83(108)73(92)37-18-14-17-34-68(100)47-52-76(89(118)119)99-81(106)41-21-11-7-5-9-13-31-59-121-71-50-44-64(45-51-71)86(112)113)78(103)61-66(87(114)115)33-23-27-56-97-82(107)74(93)38-19-15-20-40-77(102)72(91)36-24-28-54-95-80(105)53-46-67(88(116)117)60-69(101)35-16-10-6-4-8-12-30-58-120-70-48-42-63(43-49-70)85(110)111;;;/h42-45,48-51,65-67,72-76H,4-41,46-47,52-62,91-94H2,1-3H3,(H,95,105)(H,96,109)(H,97,107)(H,98,108)(H,99,106)(H,110,111)(H,112,113)(H,114,115)(H,116,117)(H,118,119);3*1H/t65-,66-,67-,72+,73+,74+,75+,76+;;;/m1.../s1. The number of hydrogen-bond acceptors (Lipinski definition) is 21. The molecule has 0 unspecified atom stereocenters. The van der Waals surface area contributed by atoms with E-state index in [0.717, 1.165) is 77.0 Å². The fourth-order valence-electron chi connectivity index (χ4n) is 13.7. The molecule has 0 aliphatic carbocycles. The summed E-state index contributed by atoms with van der Waals surface area (Å²) in [6, 6.07) is 8.34. The zero-order valence-electron chi connectivity index (χ0n) is 72.3. The van der Waals surface area contributed by atoms with Gasteiger partial charge in [-0.15, -0.1) is 0 Å². The van der Waals surface area contributed by atoms with Crippen molar-refractivity contribution in [2.45, 2.75) is 340 Å². The lowest BCUT2D eigenvalue weighted by Gasteiger charge is -2.23. The summed E-state index contributed by atoms with van der Waals surface area (Å²) in [5, 5.41) is 61.3. The topological polar surface area (TPSA) is 540 Å². The molecule has 8 atom stereocenters. The first kappa shape index (κ1) is 108. The minimum Gasteiger partial charge on any atom is -0.494 e. The Labute approximate surface area is 719 Å². The lowest BCUT2D eigenvalue weighted by molar-refractivity contribution is -0.145. The molecule has 0 radical (unpaired) electrons. The average molecular weight is 1710 g/mol. The zero-order chi connectivity index (χ0) is 89.8. The number of nitrogens with one attached hydrogen (secondary N) is 5.